The first-order valence-corrected chi connectivity index (χ1v) is 9.12. The third-order valence-corrected chi connectivity index (χ3v) is 6.11. The van der Waals surface area contributed by atoms with E-state index in [0.717, 1.165) is 43.7 Å². The molecular weight excluding hydrogens is 260 g/mol. The molecule has 2 heterocycles. The number of ketones is 1. The van der Waals surface area contributed by atoms with Gasteiger partial charge in [-0.1, -0.05) is 13.8 Å². The molecule has 0 aromatic carbocycles. The highest BCUT2D eigenvalue weighted by Gasteiger charge is 2.34. The predicted octanol–water partition coefficient (Wildman–Crippen LogP) is 2.80. The Hall–Kier alpha value is -0.410. The minimum atomic E-state index is 0.319. The zero-order valence-corrected chi connectivity index (χ0v) is 13.9. The second kappa shape index (κ2) is 6.78. The lowest BCUT2D eigenvalue weighted by Crippen LogP contribution is -2.41. The Morgan fingerprint density at radius 1 is 1.14 bits per heavy atom. The number of nitrogens with zero attached hydrogens (tertiary/aromatic N) is 2. The molecule has 3 atom stereocenters. The number of carbonyl (C=O) groups excluding carboxylic acids is 1. The second-order valence-electron chi connectivity index (χ2n) is 7.89. The molecule has 1 saturated carbocycles. The molecule has 0 amide bonds. The maximum absolute atomic E-state index is 12.3. The van der Waals surface area contributed by atoms with Crippen LogP contribution in [0.15, 0.2) is 0 Å². The summed E-state index contributed by atoms with van der Waals surface area (Å²) in [5.74, 6) is 2.36. The van der Waals surface area contributed by atoms with E-state index in [4.69, 9.17) is 0 Å². The van der Waals surface area contributed by atoms with Crippen LogP contribution in [0.1, 0.15) is 52.4 Å². The van der Waals surface area contributed by atoms with Crippen LogP contribution in [0, 0.1) is 17.8 Å². The van der Waals surface area contributed by atoms with Crippen molar-refractivity contribution < 1.29 is 4.79 Å². The molecular formula is C18H32N2O. The Balaban J connectivity index is 1.57. The molecule has 1 aliphatic carbocycles. The topological polar surface area (TPSA) is 23.6 Å². The smallest absolute Gasteiger partial charge is 0.137 e. The fourth-order valence-corrected chi connectivity index (χ4v) is 4.69. The van der Waals surface area contributed by atoms with Gasteiger partial charge in [-0.15, -0.1) is 0 Å². The summed E-state index contributed by atoms with van der Waals surface area (Å²) in [6, 6.07) is 0.770. The van der Waals surface area contributed by atoms with Crippen LogP contribution in [0.5, 0.6) is 0 Å². The monoisotopic (exact) mass is 292 g/mol. The minimum absolute atomic E-state index is 0.319. The van der Waals surface area contributed by atoms with Gasteiger partial charge in [-0.3, -0.25) is 9.69 Å². The van der Waals surface area contributed by atoms with Crippen LogP contribution in [0.2, 0.25) is 0 Å². The molecule has 0 radical (unpaired) electrons. The molecule has 3 rings (SSSR count). The van der Waals surface area contributed by atoms with Gasteiger partial charge in [0.1, 0.15) is 5.78 Å². The zero-order chi connectivity index (χ0) is 14.8. The van der Waals surface area contributed by atoms with Crippen molar-refractivity contribution in [3.63, 3.8) is 0 Å². The number of carbonyl (C=O) groups is 1. The standard InChI is InChI=1S/C18H32N2O/c1-14(2)15-6-7-18(21)16(11-15)12-19-8-4-10-20-9-3-5-17(20)13-19/h14-17H,3-13H2,1-2H3. The van der Waals surface area contributed by atoms with Gasteiger partial charge >= 0.3 is 0 Å². The molecule has 0 aromatic heterocycles. The van der Waals surface area contributed by atoms with Crippen molar-refractivity contribution in [3.05, 3.63) is 0 Å². The van der Waals surface area contributed by atoms with Crippen LogP contribution < -0.4 is 0 Å². The summed E-state index contributed by atoms with van der Waals surface area (Å²) in [7, 11) is 0. The fourth-order valence-electron chi connectivity index (χ4n) is 4.69. The average Bonchev–Trinajstić information content (AvgIpc) is 2.80. The summed E-state index contributed by atoms with van der Waals surface area (Å²) < 4.78 is 0. The maximum Gasteiger partial charge on any atom is 0.137 e. The molecule has 0 aromatic rings. The van der Waals surface area contributed by atoms with E-state index in [0.29, 0.717) is 11.7 Å². The summed E-state index contributed by atoms with van der Waals surface area (Å²) in [6.45, 7) is 10.6. The normalized spacial score (nSPS) is 36.0. The highest BCUT2D eigenvalue weighted by atomic mass is 16.1. The summed E-state index contributed by atoms with van der Waals surface area (Å²) in [5.41, 5.74) is 0. The van der Waals surface area contributed by atoms with Crippen LogP contribution in [0.25, 0.3) is 0 Å². The van der Waals surface area contributed by atoms with Crippen molar-refractivity contribution >= 4 is 5.78 Å². The Kier molecular flexibility index (Phi) is 5.00. The summed E-state index contributed by atoms with van der Waals surface area (Å²) in [4.78, 5) is 17.6. The Morgan fingerprint density at radius 2 is 1.95 bits per heavy atom. The van der Waals surface area contributed by atoms with Crippen LogP contribution in [-0.2, 0) is 4.79 Å². The van der Waals surface area contributed by atoms with Gasteiger partial charge in [0.25, 0.3) is 0 Å². The Morgan fingerprint density at radius 3 is 2.76 bits per heavy atom. The quantitative estimate of drug-likeness (QED) is 0.799. The summed E-state index contributed by atoms with van der Waals surface area (Å²) >= 11 is 0. The summed E-state index contributed by atoms with van der Waals surface area (Å²) in [6.07, 6.45) is 7.12. The van der Waals surface area contributed by atoms with Crippen molar-refractivity contribution in [1.82, 2.24) is 9.80 Å². The Bertz CT molecular complexity index is 368. The lowest BCUT2D eigenvalue weighted by molar-refractivity contribution is -0.126. The van der Waals surface area contributed by atoms with Gasteiger partial charge in [0.05, 0.1) is 0 Å². The minimum Gasteiger partial charge on any atom is -0.301 e. The molecule has 120 valence electrons. The van der Waals surface area contributed by atoms with E-state index in [2.05, 4.69) is 23.6 Å². The van der Waals surface area contributed by atoms with Crippen molar-refractivity contribution in [2.24, 2.45) is 17.8 Å². The first-order valence-electron chi connectivity index (χ1n) is 9.12. The van der Waals surface area contributed by atoms with Crippen LogP contribution in [0.3, 0.4) is 0 Å². The molecule has 21 heavy (non-hydrogen) atoms. The highest BCUT2D eigenvalue weighted by molar-refractivity contribution is 5.82. The second-order valence-corrected chi connectivity index (χ2v) is 7.89. The molecule has 0 bridgehead atoms. The van der Waals surface area contributed by atoms with E-state index in [9.17, 15) is 4.79 Å². The van der Waals surface area contributed by atoms with Gasteiger partial charge in [0, 0.05) is 31.5 Å². The van der Waals surface area contributed by atoms with E-state index in [1.54, 1.807) is 0 Å². The molecule has 3 heteroatoms. The van der Waals surface area contributed by atoms with Gasteiger partial charge in [-0.05, 0) is 63.6 Å². The lowest BCUT2D eigenvalue weighted by atomic mass is 9.75. The zero-order valence-electron chi connectivity index (χ0n) is 13.9. The molecule has 0 spiro atoms. The van der Waals surface area contributed by atoms with E-state index >= 15 is 0 Å². The summed E-state index contributed by atoms with van der Waals surface area (Å²) in [5, 5.41) is 0. The number of rotatable bonds is 3. The average molecular weight is 292 g/mol. The van der Waals surface area contributed by atoms with Crippen LogP contribution in [-0.4, -0.2) is 54.3 Å². The molecule has 3 fully saturated rings. The third kappa shape index (κ3) is 3.68. The molecule has 2 aliphatic heterocycles. The van der Waals surface area contributed by atoms with Crippen molar-refractivity contribution in [2.75, 3.05) is 32.7 Å². The van der Waals surface area contributed by atoms with E-state index in [-0.39, 0.29) is 0 Å². The van der Waals surface area contributed by atoms with Crippen molar-refractivity contribution in [1.29, 1.82) is 0 Å². The first kappa shape index (κ1) is 15.5. The van der Waals surface area contributed by atoms with Crippen LogP contribution >= 0.6 is 0 Å². The van der Waals surface area contributed by atoms with Gasteiger partial charge in [0.15, 0.2) is 0 Å². The van der Waals surface area contributed by atoms with Gasteiger partial charge in [-0.2, -0.15) is 0 Å². The van der Waals surface area contributed by atoms with Gasteiger partial charge in [0.2, 0.25) is 0 Å². The van der Waals surface area contributed by atoms with E-state index < -0.39 is 0 Å². The molecule has 3 unspecified atom stereocenters. The SMILES string of the molecule is CC(C)C1CCC(=O)C(CN2CCCN3CCCC3C2)C1. The predicted molar refractivity (Wildman–Crippen MR) is 86.3 cm³/mol. The maximum atomic E-state index is 12.3. The largest absolute Gasteiger partial charge is 0.301 e. The number of hydrogen-bond acceptors (Lipinski definition) is 3. The number of hydrogen-bond donors (Lipinski definition) is 0. The molecule has 2 saturated heterocycles. The molecule has 3 nitrogen and oxygen atoms in total. The van der Waals surface area contributed by atoms with E-state index in [1.165, 1.54) is 45.4 Å². The van der Waals surface area contributed by atoms with E-state index in [1.807, 2.05) is 0 Å². The highest BCUT2D eigenvalue weighted by Crippen LogP contribution is 2.32. The van der Waals surface area contributed by atoms with Crippen molar-refractivity contribution in [2.45, 2.75) is 58.4 Å². The first-order chi connectivity index (χ1) is 10.1. The fraction of sp³-hybridized carbons (Fsp3) is 0.944. The van der Waals surface area contributed by atoms with Gasteiger partial charge < -0.3 is 4.90 Å². The number of Topliss-reactive ketones (excluding diaryl/α,β-unsaturated/α-hetero) is 1. The van der Waals surface area contributed by atoms with Crippen LogP contribution in [0.4, 0.5) is 0 Å². The third-order valence-electron chi connectivity index (χ3n) is 6.11. The molecule has 0 N–H and O–H groups in total. The van der Waals surface area contributed by atoms with Gasteiger partial charge in [-0.25, -0.2) is 0 Å². The number of fused-ring (bicyclic) bond motifs is 1. The molecule has 3 aliphatic rings. The Labute approximate surface area is 130 Å². The van der Waals surface area contributed by atoms with Crippen molar-refractivity contribution in [3.8, 4) is 0 Å². The lowest BCUT2D eigenvalue weighted by Gasteiger charge is -2.34.